The summed E-state index contributed by atoms with van der Waals surface area (Å²) >= 11 is 0. The van der Waals surface area contributed by atoms with E-state index in [4.69, 9.17) is 14.2 Å². The first-order chi connectivity index (χ1) is 17.2. The fourth-order valence-electron chi connectivity index (χ4n) is 4.40. The lowest BCUT2D eigenvalue weighted by atomic mass is 9.95. The van der Waals surface area contributed by atoms with Crippen molar-refractivity contribution in [1.82, 2.24) is 14.5 Å². The fraction of sp³-hybridized carbons (Fsp3) is 0.357. The molecule has 3 heterocycles. The molecule has 0 bridgehead atoms. The van der Waals surface area contributed by atoms with Crippen LogP contribution < -0.4 is 10.4 Å². The van der Waals surface area contributed by atoms with E-state index in [0.717, 1.165) is 29.8 Å². The van der Waals surface area contributed by atoms with E-state index in [0.29, 0.717) is 45.4 Å². The van der Waals surface area contributed by atoms with E-state index in [9.17, 15) is 4.79 Å². The predicted octanol–water partition coefficient (Wildman–Crippen LogP) is 2.74. The van der Waals surface area contributed by atoms with Crippen LogP contribution in [0, 0.1) is 11.8 Å². The normalized spacial score (nSPS) is 16.7. The van der Waals surface area contributed by atoms with Crippen molar-refractivity contribution in [2.45, 2.75) is 25.6 Å². The lowest BCUT2D eigenvalue weighted by Gasteiger charge is -2.24. The summed E-state index contributed by atoms with van der Waals surface area (Å²) in [5.41, 5.74) is 4.97. The summed E-state index contributed by atoms with van der Waals surface area (Å²) < 4.78 is 18.5. The molecule has 0 radical (unpaired) electrons. The molecule has 1 aromatic heterocycles. The van der Waals surface area contributed by atoms with Gasteiger partial charge >= 0.3 is 5.69 Å². The van der Waals surface area contributed by atoms with Crippen molar-refractivity contribution in [2.24, 2.45) is 0 Å². The molecule has 7 heteroatoms. The van der Waals surface area contributed by atoms with Gasteiger partial charge in [-0.25, -0.2) is 4.79 Å². The maximum atomic E-state index is 12.6. The molecule has 180 valence electrons. The van der Waals surface area contributed by atoms with Gasteiger partial charge in [0.2, 0.25) is 5.88 Å². The number of hydrogen-bond acceptors (Lipinski definition) is 6. The molecule has 2 aromatic carbocycles. The second kappa shape index (κ2) is 10.9. The van der Waals surface area contributed by atoms with Crippen molar-refractivity contribution in [3.05, 3.63) is 81.8 Å². The number of ether oxygens (including phenoxy) is 3. The Bertz CT molecular complexity index is 1290. The Kier molecular flexibility index (Phi) is 7.24. The average molecular weight is 472 g/mol. The Morgan fingerprint density at radius 1 is 1.17 bits per heavy atom. The van der Waals surface area contributed by atoms with Crippen LogP contribution in [0.15, 0.2) is 59.4 Å². The first-order valence-electron chi connectivity index (χ1n) is 11.9. The van der Waals surface area contributed by atoms with E-state index < -0.39 is 0 Å². The van der Waals surface area contributed by atoms with E-state index in [2.05, 4.69) is 59.1 Å². The van der Waals surface area contributed by atoms with E-state index in [-0.39, 0.29) is 11.8 Å². The van der Waals surface area contributed by atoms with Gasteiger partial charge in [-0.2, -0.15) is 4.98 Å². The highest BCUT2D eigenvalue weighted by Crippen LogP contribution is 2.30. The predicted molar refractivity (Wildman–Crippen MR) is 133 cm³/mol. The third-order valence-electron chi connectivity index (χ3n) is 6.15. The summed E-state index contributed by atoms with van der Waals surface area (Å²) in [6.07, 6.45) is 0.616. The van der Waals surface area contributed by atoms with Gasteiger partial charge in [-0.15, -0.1) is 0 Å². The minimum Gasteiger partial charge on any atom is -0.475 e. The molecular formula is C28H29N3O4. The van der Waals surface area contributed by atoms with Gasteiger partial charge in [0.25, 0.3) is 0 Å². The summed E-state index contributed by atoms with van der Waals surface area (Å²) in [7, 11) is 2.07. The van der Waals surface area contributed by atoms with Gasteiger partial charge in [-0.1, -0.05) is 48.2 Å². The molecule has 7 nitrogen and oxygen atoms in total. The number of hydrogen-bond donors (Lipinski definition) is 0. The number of nitrogens with zero attached hydrogens (tertiary/aromatic N) is 3. The Morgan fingerprint density at radius 2 is 2.06 bits per heavy atom. The minimum absolute atomic E-state index is 0.149. The van der Waals surface area contributed by atoms with Crippen molar-refractivity contribution in [1.29, 1.82) is 0 Å². The van der Waals surface area contributed by atoms with Crippen molar-refractivity contribution < 1.29 is 14.2 Å². The van der Waals surface area contributed by atoms with E-state index >= 15 is 0 Å². The van der Waals surface area contributed by atoms with Crippen LogP contribution in [0.1, 0.15) is 16.7 Å². The van der Waals surface area contributed by atoms with Crippen LogP contribution in [0.4, 0.5) is 0 Å². The van der Waals surface area contributed by atoms with Crippen LogP contribution in [0.2, 0.25) is 0 Å². The summed E-state index contributed by atoms with van der Waals surface area (Å²) in [5.74, 6) is 6.89. The zero-order chi connectivity index (χ0) is 24.0. The number of fused-ring (bicyclic) bond motifs is 3. The molecule has 1 unspecified atom stereocenters. The van der Waals surface area contributed by atoms with Gasteiger partial charge in [-0.05, 0) is 36.7 Å². The van der Waals surface area contributed by atoms with Crippen molar-refractivity contribution in [3.63, 3.8) is 0 Å². The minimum atomic E-state index is -0.297. The number of rotatable bonds is 6. The molecule has 35 heavy (non-hydrogen) atoms. The molecule has 3 aromatic rings. The molecule has 2 aliphatic rings. The first kappa shape index (κ1) is 23.3. The summed E-state index contributed by atoms with van der Waals surface area (Å²) in [5, 5.41) is 0. The zero-order valence-corrected chi connectivity index (χ0v) is 19.9. The smallest absolute Gasteiger partial charge is 0.351 e. The largest absolute Gasteiger partial charge is 0.475 e. The first-order valence-corrected chi connectivity index (χ1v) is 11.9. The topological polar surface area (TPSA) is 65.8 Å². The highest BCUT2D eigenvalue weighted by molar-refractivity contribution is 5.67. The van der Waals surface area contributed by atoms with Crippen LogP contribution in [-0.4, -0.2) is 60.6 Å². The Labute approximate surface area is 205 Å². The monoisotopic (exact) mass is 471 g/mol. The summed E-state index contributed by atoms with van der Waals surface area (Å²) in [6.45, 7) is 4.08. The number of benzene rings is 2. The molecule has 0 amide bonds. The molecule has 5 rings (SSSR count). The number of aromatic nitrogens is 2. The van der Waals surface area contributed by atoms with Crippen LogP contribution in [0.25, 0.3) is 11.3 Å². The molecule has 1 atom stereocenters. The molecule has 0 saturated carbocycles. The lowest BCUT2D eigenvalue weighted by molar-refractivity contribution is -0.102. The standard InChI is InChI=1S/C28H29N3O4/c1-30(18-22-6-3-2-4-7-22)12-5-8-21-9-10-25-23(16-21)11-13-31-26(25)17-27(29-28(31)32)35-20-24-19-33-14-15-34-24/h2-4,6-7,9-10,16-17,24H,11-15,18-20H2,1H3. The quantitative estimate of drug-likeness (QED) is 0.515. The highest BCUT2D eigenvalue weighted by atomic mass is 16.6. The number of aryl methyl sites for hydroxylation is 1. The molecule has 0 aliphatic carbocycles. The van der Waals surface area contributed by atoms with E-state index in [1.165, 1.54) is 11.1 Å². The van der Waals surface area contributed by atoms with Crippen molar-refractivity contribution in [2.75, 3.05) is 40.0 Å². The molecule has 0 spiro atoms. The van der Waals surface area contributed by atoms with Gasteiger partial charge in [0, 0.05) is 30.3 Å². The maximum Gasteiger partial charge on any atom is 0.351 e. The van der Waals surface area contributed by atoms with Gasteiger partial charge in [0.15, 0.2) is 0 Å². The van der Waals surface area contributed by atoms with Crippen LogP contribution in [0.3, 0.4) is 0 Å². The van der Waals surface area contributed by atoms with Crippen LogP contribution in [-0.2, 0) is 29.0 Å². The van der Waals surface area contributed by atoms with Crippen molar-refractivity contribution >= 4 is 0 Å². The van der Waals surface area contributed by atoms with Crippen LogP contribution in [0.5, 0.6) is 5.88 Å². The maximum absolute atomic E-state index is 12.6. The average Bonchev–Trinajstić information content (AvgIpc) is 2.88. The summed E-state index contributed by atoms with van der Waals surface area (Å²) in [6, 6.07) is 18.4. The van der Waals surface area contributed by atoms with Gasteiger partial charge in [0.05, 0.1) is 32.1 Å². The Morgan fingerprint density at radius 3 is 2.89 bits per heavy atom. The van der Waals surface area contributed by atoms with Crippen LogP contribution >= 0.6 is 0 Å². The van der Waals surface area contributed by atoms with Gasteiger partial charge in [-0.3, -0.25) is 9.47 Å². The molecule has 1 saturated heterocycles. The fourth-order valence-corrected chi connectivity index (χ4v) is 4.40. The lowest BCUT2D eigenvalue weighted by Crippen LogP contribution is -2.34. The third-order valence-corrected chi connectivity index (χ3v) is 6.15. The SMILES string of the molecule is CN(CC#Cc1ccc2c(c1)CCn1c-2cc(OCC2COCCO2)nc1=O)Cc1ccccc1. The zero-order valence-electron chi connectivity index (χ0n) is 19.9. The molecule has 0 N–H and O–H groups in total. The Balaban J connectivity index is 1.28. The molecular weight excluding hydrogens is 442 g/mol. The second-order valence-corrected chi connectivity index (χ2v) is 8.87. The molecule has 1 fully saturated rings. The highest BCUT2D eigenvalue weighted by Gasteiger charge is 2.20. The van der Waals surface area contributed by atoms with E-state index in [1.807, 2.05) is 24.3 Å². The van der Waals surface area contributed by atoms with E-state index in [1.54, 1.807) is 4.57 Å². The molecule has 2 aliphatic heterocycles. The summed E-state index contributed by atoms with van der Waals surface area (Å²) in [4.78, 5) is 18.9. The van der Waals surface area contributed by atoms with Crippen molar-refractivity contribution in [3.8, 4) is 29.0 Å². The second-order valence-electron chi connectivity index (χ2n) is 8.87. The van der Waals surface area contributed by atoms with Gasteiger partial charge in [0.1, 0.15) is 12.7 Å². The Hall–Kier alpha value is -3.44. The van der Waals surface area contributed by atoms with Gasteiger partial charge < -0.3 is 14.2 Å². The third kappa shape index (κ3) is 5.80.